The Labute approximate surface area is 289 Å². The van der Waals surface area contributed by atoms with Gasteiger partial charge in [0.1, 0.15) is 16.3 Å². The van der Waals surface area contributed by atoms with Crippen molar-refractivity contribution in [3.63, 3.8) is 0 Å². The summed E-state index contributed by atoms with van der Waals surface area (Å²) in [7, 11) is -3.38. The molecule has 0 radical (unpaired) electrons. The van der Waals surface area contributed by atoms with Gasteiger partial charge >= 0.3 is 18.3 Å². The van der Waals surface area contributed by atoms with Crippen LogP contribution in [0.25, 0.3) is 0 Å². The number of methoxy groups -OCH3 is 1. The van der Waals surface area contributed by atoms with Crippen molar-refractivity contribution in [2.24, 2.45) is 11.8 Å². The third-order valence-electron chi connectivity index (χ3n) is 9.86. The Morgan fingerprint density at radius 3 is 1.98 bits per heavy atom. The Balaban J connectivity index is 1.56. The van der Waals surface area contributed by atoms with Crippen LogP contribution in [0.15, 0.2) is 77.7 Å². The lowest BCUT2D eigenvalue weighted by atomic mass is 9.81. The normalized spacial score (nSPS) is 21.8. The second-order valence-electron chi connectivity index (χ2n) is 12.7. The highest BCUT2D eigenvalue weighted by molar-refractivity contribution is 7.92. The standard InChI is InChI=1S/C35H34F7NO7S/c1-49-29-5-3-2-4-24(29)20-50-33(34(37,38)39,35(40,41)42)26-12-10-25(11-13-26)32(51(47,48)28-16-14-27(36)15-17-28)18-19-43(21-32)30(44)22-6-8-23(9-7-22)31(45)46/h2-5,10-17,22-23H,6-9,18-21H2,1H3,(H,45,46)/t22-,23-,32-/m0/s1. The third-order valence-corrected chi connectivity index (χ3v) is 12.4. The molecule has 2 fully saturated rings. The summed E-state index contributed by atoms with van der Waals surface area (Å²) in [5.41, 5.74) is -6.49. The fraction of sp³-hybridized carbons (Fsp3) is 0.429. The van der Waals surface area contributed by atoms with Crippen LogP contribution in [0.5, 0.6) is 5.75 Å². The lowest BCUT2D eigenvalue weighted by Gasteiger charge is -2.38. The lowest BCUT2D eigenvalue weighted by Crippen LogP contribution is -2.55. The Kier molecular flexibility index (Phi) is 10.5. The number of rotatable bonds is 10. The summed E-state index contributed by atoms with van der Waals surface area (Å²) in [4.78, 5) is 25.9. The van der Waals surface area contributed by atoms with Gasteiger partial charge in [-0.05, 0) is 68.0 Å². The highest BCUT2D eigenvalue weighted by atomic mass is 32.2. The quantitative estimate of drug-likeness (QED) is 0.173. The van der Waals surface area contributed by atoms with Gasteiger partial charge in [0.25, 0.3) is 5.60 Å². The molecule has 1 atom stereocenters. The zero-order chi connectivity index (χ0) is 37.4. The maximum Gasteiger partial charge on any atom is 0.430 e. The van der Waals surface area contributed by atoms with Gasteiger partial charge in [-0.1, -0.05) is 42.5 Å². The van der Waals surface area contributed by atoms with Crippen molar-refractivity contribution in [3.05, 3.63) is 95.3 Å². The van der Waals surface area contributed by atoms with E-state index in [1.807, 2.05) is 0 Å². The van der Waals surface area contributed by atoms with Gasteiger partial charge < -0.3 is 19.5 Å². The number of sulfone groups is 1. The van der Waals surface area contributed by atoms with E-state index in [0.717, 1.165) is 36.4 Å². The fourth-order valence-corrected chi connectivity index (χ4v) is 9.09. The van der Waals surface area contributed by atoms with E-state index in [1.54, 1.807) is 0 Å². The van der Waals surface area contributed by atoms with Crippen LogP contribution in [-0.2, 0) is 41.1 Å². The van der Waals surface area contributed by atoms with Crippen LogP contribution in [-0.4, -0.2) is 62.9 Å². The topological polar surface area (TPSA) is 110 Å². The molecule has 276 valence electrons. The molecule has 51 heavy (non-hydrogen) atoms. The van der Waals surface area contributed by atoms with E-state index in [-0.39, 0.29) is 60.4 Å². The SMILES string of the molecule is COc1ccccc1COC(c1ccc([C@]2(S(=O)(=O)c3ccc(F)cc3)CCN(C(=O)[C@H]3CC[C@H](C(=O)O)CC3)C2)cc1)(C(F)(F)F)C(F)(F)F. The molecule has 0 bridgehead atoms. The number of likely N-dealkylation sites (tertiary alicyclic amines) is 1. The van der Waals surface area contributed by atoms with Crippen molar-refractivity contribution in [1.82, 2.24) is 4.90 Å². The molecular weight excluding hydrogens is 711 g/mol. The van der Waals surface area contributed by atoms with Crippen molar-refractivity contribution >= 4 is 21.7 Å². The number of hydrogen-bond donors (Lipinski definition) is 1. The van der Waals surface area contributed by atoms with E-state index in [4.69, 9.17) is 9.47 Å². The molecule has 1 N–H and O–H groups in total. The van der Waals surface area contributed by atoms with E-state index in [2.05, 4.69) is 0 Å². The average molecular weight is 746 g/mol. The number of benzene rings is 3. The lowest BCUT2D eigenvalue weighted by molar-refractivity contribution is -0.392. The van der Waals surface area contributed by atoms with Gasteiger partial charge in [0.15, 0.2) is 9.84 Å². The number of aliphatic carboxylic acids is 1. The largest absolute Gasteiger partial charge is 0.496 e. The molecule has 1 saturated carbocycles. The van der Waals surface area contributed by atoms with Crippen LogP contribution in [0, 0.1) is 17.7 Å². The van der Waals surface area contributed by atoms with Crippen LogP contribution < -0.4 is 4.74 Å². The maximum atomic E-state index is 14.7. The molecule has 1 aliphatic heterocycles. The molecule has 5 rings (SSSR count). The van der Waals surface area contributed by atoms with Gasteiger partial charge in [-0.15, -0.1) is 0 Å². The summed E-state index contributed by atoms with van der Waals surface area (Å²) in [6.45, 7) is -1.78. The molecule has 3 aromatic rings. The van der Waals surface area contributed by atoms with Crippen molar-refractivity contribution in [1.29, 1.82) is 0 Å². The van der Waals surface area contributed by atoms with Crippen molar-refractivity contribution in [2.45, 2.75) is 66.3 Å². The summed E-state index contributed by atoms with van der Waals surface area (Å²) < 4.78 is 138. The number of alkyl halides is 6. The molecule has 16 heteroatoms. The Bertz CT molecular complexity index is 1830. The summed E-state index contributed by atoms with van der Waals surface area (Å²) >= 11 is 0. The number of carboxylic acid groups (broad SMARTS) is 1. The number of hydrogen-bond acceptors (Lipinski definition) is 6. The van der Waals surface area contributed by atoms with Crippen LogP contribution in [0.4, 0.5) is 30.7 Å². The van der Waals surface area contributed by atoms with E-state index in [9.17, 15) is 53.8 Å². The zero-order valence-corrected chi connectivity index (χ0v) is 28.0. The molecule has 1 heterocycles. The van der Waals surface area contributed by atoms with E-state index >= 15 is 0 Å². The van der Waals surface area contributed by atoms with E-state index < -0.39 is 80.8 Å². The first-order valence-electron chi connectivity index (χ1n) is 15.9. The number of halogens is 7. The number of ether oxygens (including phenoxy) is 2. The summed E-state index contributed by atoms with van der Waals surface area (Å²) in [6, 6.07) is 11.9. The smallest absolute Gasteiger partial charge is 0.430 e. The first-order chi connectivity index (χ1) is 23.9. The molecule has 0 spiro atoms. The van der Waals surface area contributed by atoms with E-state index in [1.165, 1.54) is 36.3 Å². The molecule has 0 unspecified atom stereocenters. The predicted octanol–water partition coefficient (Wildman–Crippen LogP) is 7.16. The zero-order valence-electron chi connectivity index (χ0n) is 27.1. The van der Waals surface area contributed by atoms with Gasteiger partial charge in [0.2, 0.25) is 5.91 Å². The molecule has 0 aromatic heterocycles. The maximum absolute atomic E-state index is 14.7. The van der Waals surface area contributed by atoms with Crippen LogP contribution >= 0.6 is 0 Å². The second kappa shape index (κ2) is 14.1. The highest BCUT2D eigenvalue weighted by Crippen LogP contribution is 2.54. The Hall–Kier alpha value is -4.18. The van der Waals surface area contributed by atoms with Crippen LogP contribution in [0.3, 0.4) is 0 Å². The highest BCUT2D eigenvalue weighted by Gasteiger charge is 2.73. The molecule has 1 aliphatic carbocycles. The summed E-state index contributed by atoms with van der Waals surface area (Å²) in [6.07, 6.45) is -11.4. The predicted molar refractivity (Wildman–Crippen MR) is 168 cm³/mol. The van der Waals surface area contributed by atoms with Gasteiger partial charge in [-0.3, -0.25) is 9.59 Å². The number of para-hydroxylation sites is 1. The van der Waals surface area contributed by atoms with Gasteiger partial charge in [-0.25, -0.2) is 12.8 Å². The molecule has 1 saturated heterocycles. The Morgan fingerprint density at radius 2 is 1.43 bits per heavy atom. The van der Waals surface area contributed by atoms with Gasteiger partial charge in [-0.2, -0.15) is 26.3 Å². The Morgan fingerprint density at radius 1 is 0.863 bits per heavy atom. The van der Waals surface area contributed by atoms with Crippen LogP contribution in [0.1, 0.15) is 48.8 Å². The molecule has 1 amide bonds. The molecular formula is C35H34F7NO7S. The second-order valence-corrected chi connectivity index (χ2v) is 15.0. The molecule has 8 nitrogen and oxygen atoms in total. The minimum Gasteiger partial charge on any atom is -0.496 e. The van der Waals surface area contributed by atoms with Crippen molar-refractivity contribution in [2.75, 3.05) is 20.2 Å². The van der Waals surface area contributed by atoms with Crippen molar-refractivity contribution in [3.8, 4) is 5.75 Å². The van der Waals surface area contributed by atoms with Crippen LogP contribution in [0.2, 0.25) is 0 Å². The number of carbonyl (C=O) groups excluding carboxylic acids is 1. The first kappa shape index (κ1) is 38.1. The molecule has 2 aliphatic rings. The number of amides is 1. The fourth-order valence-electron chi connectivity index (χ4n) is 7.02. The van der Waals surface area contributed by atoms with Crippen molar-refractivity contribution < 1.29 is 63.3 Å². The number of carbonyl (C=O) groups is 2. The molecule has 3 aromatic carbocycles. The third kappa shape index (κ3) is 6.91. The summed E-state index contributed by atoms with van der Waals surface area (Å²) in [5.74, 6) is -3.41. The minimum absolute atomic E-state index is 0.00527. The van der Waals surface area contributed by atoms with E-state index in [0.29, 0.717) is 12.1 Å². The number of nitrogens with zero attached hydrogens (tertiary/aromatic N) is 1. The number of carboxylic acids is 1. The van der Waals surface area contributed by atoms with Gasteiger partial charge in [0, 0.05) is 30.1 Å². The summed E-state index contributed by atoms with van der Waals surface area (Å²) in [5, 5.41) is 9.32. The van der Waals surface area contributed by atoms with Gasteiger partial charge in [0.05, 0.1) is 24.5 Å². The minimum atomic E-state index is -6.04. The first-order valence-corrected chi connectivity index (χ1v) is 17.4. The monoisotopic (exact) mass is 745 g/mol. The average Bonchev–Trinajstić information content (AvgIpc) is 3.55.